The highest BCUT2D eigenvalue weighted by molar-refractivity contribution is 6.30. The van der Waals surface area contributed by atoms with Crippen molar-refractivity contribution in [3.05, 3.63) is 34.9 Å². The quantitative estimate of drug-likeness (QED) is 0.332. The lowest BCUT2D eigenvalue weighted by Crippen LogP contribution is -2.42. The number of nitrogens with zero attached hydrogens (tertiary/aromatic N) is 2. The fourth-order valence-electron chi connectivity index (χ4n) is 3.70. The summed E-state index contributed by atoms with van der Waals surface area (Å²) in [6.07, 6.45) is 2.21. The van der Waals surface area contributed by atoms with Crippen molar-refractivity contribution >= 4 is 17.6 Å². The van der Waals surface area contributed by atoms with Gasteiger partial charge in [-0.25, -0.2) is 0 Å². The zero-order valence-electron chi connectivity index (χ0n) is 17.9. The first-order valence-electron chi connectivity index (χ1n) is 11.0. The summed E-state index contributed by atoms with van der Waals surface area (Å²) < 4.78 is 16.7. The Morgan fingerprint density at radius 1 is 1.20 bits per heavy atom. The number of halogens is 1. The number of ether oxygens (including phenoxy) is 3. The minimum absolute atomic E-state index is 0.201. The third kappa shape index (κ3) is 7.71. The van der Waals surface area contributed by atoms with E-state index in [-0.39, 0.29) is 12.1 Å². The van der Waals surface area contributed by atoms with Crippen LogP contribution in [0, 0.1) is 0 Å². The fourth-order valence-corrected chi connectivity index (χ4v) is 3.82. The maximum absolute atomic E-state index is 6.10. The molecule has 1 aromatic rings. The van der Waals surface area contributed by atoms with E-state index in [1.165, 1.54) is 5.56 Å². The van der Waals surface area contributed by atoms with Crippen molar-refractivity contribution in [2.75, 3.05) is 65.8 Å². The van der Waals surface area contributed by atoms with Gasteiger partial charge in [0.1, 0.15) is 0 Å². The molecule has 2 fully saturated rings. The van der Waals surface area contributed by atoms with E-state index in [2.05, 4.69) is 34.6 Å². The van der Waals surface area contributed by atoms with Crippen LogP contribution in [0.15, 0.2) is 29.3 Å². The highest BCUT2D eigenvalue weighted by Crippen LogP contribution is 2.24. The molecule has 3 rings (SSSR count). The molecule has 0 radical (unpaired) electrons. The predicted octanol–water partition coefficient (Wildman–Crippen LogP) is 2.46. The Bertz CT molecular complexity index is 632. The SMILES string of the molecule is CCNC(=NCC(c1ccc(Cl)cc1)N1CCOCC1)NCCCOC1CCOC1. The average molecular weight is 439 g/mol. The van der Waals surface area contributed by atoms with Crippen molar-refractivity contribution < 1.29 is 14.2 Å². The molecule has 2 aliphatic rings. The van der Waals surface area contributed by atoms with Gasteiger partial charge in [0.05, 0.1) is 38.5 Å². The molecule has 0 bridgehead atoms. The van der Waals surface area contributed by atoms with E-state index in [0.717, 1.165) is 83.0 Å². The van der Waals surface area contributed by atoms with E-state index in [0.29, 0.717) is 6.54 Å². The lowest BCUT2D eigenvalue weighted by molar-refractivity contribution is 0.0179. The molecular weight excluding hydrogens is 404 g/mol. The summed E-state index contributed by atoms with van der Waals surface area (Å²) in [7, 11) is 0. The van der Waals surface area contributed by atoms with Crippen LogP contribution in [0.2, 0.25) is 5.02 Å². The summed E-state index contributed by atoms with van der Waals surface area (Å²) in [6.45, 7) is 10.0. The van der Waals surface area contributed by atoms with Gasteiger partial charge in [-0.3, -0.25) is 9.89 Å². The molecule has 2 aliphatic heterocycles. The first-order chi connectivity index (χ1) is 14.8. The summed E-state index contributed by atoms with van der Waals surface area (Å²) in [5, 5.41) is 7.53. The highest BCUT2D eigenvalue weighted by atomic mass is 35.5. The lowest BCUT2D eigenvalue weighted by atomic mass is 10.0. The van der Waals surface area contributed by atoms with Gasteiger partial charge in [0.25, 0.3) is 0 Å². The van der Waals surface area contributed by atoms with Crippen LogP contribution in [0.5, 0.6) is 0 Å². The van der Waals surface area contributed by atoms with Crippen molar-refractivity contribution in [1.82, 2.24) is 15.5 Å². The van der Waals surface area contributed by atoms with E-state index in [1.54, 1.807) is 0 Å². The number of nitrogens with one attached hydrogen (secondary N) is 2. The topological polar surface area (TPSA) is 67.4 Å². The smallest absolute Gasteiger partial charge is 0.191 e. The number of hydrogen-bond acceptors (Lipinski definition) is 5. The number of aliphatic imine (C=N–C) groups is 1. The number of rotatable bonds is 10. The molecule has 7 nitrogen and oxygen atoms in total. The summed E-state index contributed by atoms with van der Waals surface area (Å²) in [5.74, 6) is 0.842. The Balaban J connectivity index is 1.53. The summed E-state index contributed by atoms with van der Waals surface area (Å²) in [5.41, 5.74) is 1.23. The standard InChI is InChI=1S/C22H35ClN4O3/c1-2-24-22(25-9-3-12-30-20-8-13-29-17-20)26-16-21(27-10-14-28-15-11-27)18-4-6-19(23)7-5-18/h4-7,20-21H,2-3,8-17H2,1H3,(H2,24,25,26). The molecule has 8 heteroatoms. The molecule has 0 spiro atoms. The Labute approximate surface area is 185 Å². The van der Waals surface area contributed by atoms with E-state index in [9.17, 15) is 0 Å². The first kappa shape index (κ1) is 23.3. The van der Waals surface area contributed by atoms with Crippen LogP contribution in [0.1, 0.15) is 31.4 Å². The minimum Gasteiger partial charge on any atom is -0.379 e. The van der Waals surface area contributed by atoms with Gasteiger partial charge >= 0.3 is 0 Å². The van der Waals surface area contributed by atoms with Crippen molar-refractivity contribution in [3.63, 3.8) is 0 Å². The predicted molar refractivity (Wildman–Crippen MR) is 120 cm³/mol. The Morgan fingerprint density at radius 3 is 2.70 bits per heavy atom. The largest absolute Gasteiger partial charge is 0.379 e. The molecule has 0 aromatic heterocycles. The van der Waals surface area contributed by atoms with Crippen LogP contribution in [0.3, 0.4) is 0 Å². The van der Waals surface area contributed by atoms with Crippen molar-refractivity contribution in [2.24, 2.45) is 4.99 Å². The zero-order valence-corrected chi connectivity index (χ0v) is 18.7. The third-order valence-electron chi connectivity index (χ3n) is 5.36. The molecule has 0 aliphatic carbocycles. The molecule has 2 atom stereocenters. The second kappa shape index (κ2) is 13.1. The van der Waals surface area contributed by atoms with Gasteiger partial charge in [0.2, 0.25) is 0 Å². The van der Waals surface area contributed by atoms with Crippen LogP contribution in [-0.2, 0) is 14.2 Å². The van der Waals surface area contributed by atoms with E-state index in [1.807, 2.05) is 12.1 Å². The van der Waals surface area contributed by atoms with Crippen LogP contribution in [-0.4, -0.2) is 82.7 Å². The van der Waals surface area contributed by atoms with E-state index in [4.69, 9.17) is 30.8 Å². The van der Waals surface area contributed by atoms with E-state index < -0.39 is 0 Å². The molecule has 1 aromatic carbocycles. The fraction of sp³-hybridized carbons (Fsp3) is 0.682. The summed E-state index contributed by atoms with van der Waals surface area (Å²) >= 11 is 6.10. The maximum atomic E-state index is 6.10. The molecule has 2 unspecified atom stereocenters. The zero-order chi connectivity index (χ0) is 21.0. The second-order valence-corrected chi connectivity index (χ2v) is 8.01. The summed E-state index contributed by atoms with van der Waals surface area (Å²) in [6, 6.07) is 8.30. The summed E-state index contributed by atoms with van der Waals surface area (Å²) in [4.78, 5) is 7.32. The average Bonchev–Trinajstić information content (AvgIpc) is 3.29. The monoisotopic (exact) mass is 438 g/mol. The van der Waals surface area contributed by atoms with Gasteiger partial charge in [-0.1, -0.05) is 23.7 Å². The molecule has 30 heavy (non-hydrogen) atoms. The third-order valence-corrected chi connectivity index (χ3v) is 5.61. The molecule has 2 heterocycles. The molecule has 0 amide bonds. The molecule has 0 saturated carbocycles. The Kier molecular flexibility index (Phi) is 10.2. The van der Waals surface area contributed by atoms with E-state index >= 15 is 0 Å². The lowest BCUT2D eigenvalue weighted by Gasteiger charge is -2.34. The minimum atomic E-state index is 0.201. The van der Waals surface area contributed by atoms with Crippen LogP contribution in [0.25, 0.3) is 0 Å². The van der Waals surface area contributed by atoms with Crippen LogP contribution >= 0.6 is 11.6 Å². The normalized spacial score (nSPS) is 21.5. The van der Waals surface area contributed by atoms with Crippen LogP contribution < -0.4 is 10.6 Å². The molecule has 2 N–H and O–H groups in total. The number of benzene rings is 1. The Morgan fingerprint density at radius 2 is 2.00 bits per heavy atom. The van der Waals surface area contributed by atoms with Gasteiger partial charge in [-0.05, 0) is 37.5 Å². The van der Waals surface area contributed by atoms with Crippen LogP contribution in [0.4, 0.5) is 0 Å². The molecule has 2 saturated heterocycles. The number of morpholine rings is 1. The maximum Gasteiger partial charge on any atom is 0.191 e. The van der Waals surface area contributed by atoms with Crippen molar-refractivity contribution in [1.29, 1.82) is 0 Å². The molecule has 168 valence electrons. The highest BCUT2D eigenvalue weighted by Gasteiger charge is 2.22. The number of guanidine groups is 1. The van der Waals surface area contributed by atoms with Gasteiger partial charge in [-0.2, -0.15) is 0 Å². The van der Waals surface area contributed by atoms with Gasteiger partial charge in [-0.15, -0.1) is 0 Å². The van der Waals surface area contributed by atoms with Gasteiger partial charge in [0, 0.05) is 44.4 Å². The van der Waals surface area contributed by atoms with Crippen molar-refractivity contribution in [2.45, 2.75) is 31.9 Å². The van der Waals surface area contributed by atoms with Gasteiger partial charge < -0.3 is 24.8 Å². The van der Waals surface area contributed by atoms with Gasteiger partial charge in [0.15, 0.2) is 5.96 Å². The second-order valence-electron chi connectivity index (χ2n) is 7.57. The first-order valence-corrected chi connectivity index (χ1v) is 11.4. The number of hydrogen-bond donors (Lipinski definition) is 2. The van der Waals surface area contributed by atoms with Crippen molar-refractivity contribution in [3.8, 4) is 0 Å². The molecular formula is C22H35ClN4O3. The Hall–Kier alpha value is -1.38.